The molecule has 0 amide bonds. The Kier molecular flexibility index (Phi) is 6.17. The summed E-state index contributed by atoms with van der Waals surface area (Å²) in [6.45, 7) is 6.88. The lowest BCUT2D eigenvalue weighted by molar-refractivity contribution is 0.0941. The van der Waals surface area contributed by atoms with Gasteiger partial charge in [-0.15, -0.1) is 0 Å². The molecule has 0 radical (unpaired) electrons. The smallest absolute Gasteiger partial charge is 0.119 e. The normalized spacial score (nSPS) is 20.7. The summed E-state index contributed by atoms with van der Waals surface area (Å²) in [4.78, 5) is 5.31. The summed E-state index contributed by atoms with van der Waals surface area (Å²) in [5.41, 5.74) is 0. The maximum atomic E-state index is 5.81. The van der Waals surface area contributed by atoms with Crippen molar-refractivity contribution in [2.24, 2.45) is 0 Å². The number of ether oxygens (including phenoxy) is 2. The SMILES string of the molecule is COc1ccc(OCCCN2CCN(C3CCCC3)CC2)cc1. The molecule has 1 aromatic rings. The summed E-state index contributed by atoms with van der Waals surface area (Å²) >= 11 is 0. The lowest BCUT2D eigenvalue weighted by Crippen LogP contribution is -2.49. The lowest BCUT2D eigenvalue weighted by atomic mass is 10.2. The van der Waals surface area contributed by atoms with Crippen LogP contribution in [0.5, 0.6) is 11.5 Å². The molecule has 1 saturated heterocycles. The molecular formula is C19H30N2O2. The molecule has 1 saturated carbocycles. The Morgan fingerprint density at radius 2 is 1.61 bits per heavy atom. The molecule has 3 rings (SSSR count). The van der Waals surface area contributed by atoms with Crippen LogP contribution in [0.25, 0.3) is 0 Å². The van der Waals surface area contributed by atoms with Crippen molar-refractivity contribution in [1.82, 2.24) is 9.80 Å². The van der Waals surface area contributed by atoms with Crippen LogP contribution in [0.2, 0.25) is 0 Å². The van der Waals surface area contributed by atoms with Gasteiger partial charge in [0.05, 0.1) is 13.7 Å². The van der Waals surface area contributed by atoms with Gasteiger partial charge in [0.2, 0.25) is 0 Å². The third-order valence-corrected chi connectivity index (χ3v) is 5.19. The molecule has 0 unspecified atom stereocenters. The topological polar surface area (TPSA) is 24.9 Å². The molecular weight excluding hydrogens is 288 g/mol. The molecule has 23 heavy (non-hydrogen) atoms. The molecule has 0 bridgehead atoms. The van der Waals surface area contributed by atoms with E-state index in [1.165, 1.54) is 51.9 Å². The first-order chi connectivity index (χ1) is 11.3. The highest BCUT2D eigenvalue weighted by Crippen LogP contribution is 2.24. The highest BCUT2D eigenvalue weighted by atomic mass is 16.5. The highest BCUT2D eigenvalue weighted by Gasteiger charge is 2.25. The number of rotatable bonds is 7. The fourth-order valence-electron chi connectivity index (χ4n) is 3.77. The summed E-state index contributed by atoms with van der Waals surface area (Å²) in [6, 6.07) is 8.71. The molecule has 4 heteroatoms. The van der Waals surface area contributed by atoms with Crippen LogP contribution in [0, 0.1) is 0 Å². The van der Waals surface area contributed by atoms with Gasteiger partial charge in [0.25, 0.3) is 0 Å². The number of hydrogen-bond acceptors (Lipinski definition) is 4. The molecule has 1 aromatic carbocycles. The van der Waals surface area contributed by atoms with Gasteiger partial charge in [0, 0.05) is 38.8 Å². The largest absolute Gasteiger partial charge is 0.497 e. The van der Waals surface area contributed by atoms with E-state index in [2.05, 4.69) is 9.80 Å². The molecule has 1 aliphatic carbocycles. The Hall–Kier alpha value is -1.26. The van der Waals surface area contributed by atoms with E-state index in [0.717, 1.165) is 37.1 Å². The first kappa shape index (κ1) is 16.6. The Morgan fingerprint density at radius 3 is 2.26 bits per heavy atom. The van der Waals surface area contributed by atoms with E-state index in [9.17, 15) is 0 Å². The van der Waals surface area contributed by atoms with Crippen LogP contribution in [-0.2, 0) is 0 Å². The van der Waals surface area contributed by atoms with E-state index < -0.39 is 0 Å². The standard InChI is InChI=1S/C19H30N2O2/c1-22-18-7-9-19(10-8-18)23-16-4-11-20-12-14-21(15-13-20)17-5-2-3-6-17/h7-10,17H,2-6,11-16H2,1H3. The number of benzene rings is 1. The third-order valence-electron chi connectivity index (χ3n) is 5.19. The van der Waals surface area contributed by atoms with E-state index in [-0.39, 0.29) is 0 Å². The van der Waals surface area contributed by atoms with E-state index >= 15 is 0 Å². The van der Waals surface area contributed by atoms with Crippen LogP contribution in [0.4, 0.5) is 0 Å². The minimum atomic E-state index is 0.787. The average Bonchev–Trinajstić information content (AvgIpc) is 3.14. The van der Waals surface area contributed by atoms with E-state index in [1.54, 1.807) is 7.11 Å². The molecule has 128 valence electrons. The second-order valence-corrected chi connectivity index (χ2v) is 6.69. The van der Waals surface area contributed by atoms with Crippen molar-refractivity contribution in [1.29, 1.82) is 0 Å². The fourth-order valence-corrected chi connectivity index (χ4v) is 3.77. The lowest BCUT2D eigenvalue weighted by Gasteiger charge is -2.38. The van der Waals surface area contributed by atoms with Crippen molar-refractivity contribution in [3.8, 4) is 11.5 Å². The second-order valence-electron chi connectivity index (χ2n) is 6.69. The van der Waals surface area contributed by atoms with Crippen LogP contribution >= 0.6 is 0 Å². The maximum absolute atomic E-state index is 5.81. The van der Waals surface area contributed by atoms with Crippen LogP contribution in [0.15, 0.2) is 24.3 Å². The fraction of sp³-hybridized carbons (Fsp3) is 0.684. The summed E-state index contributed by atoms with van der Waals surface area (Å²) in [7, 11) is 1.68. The molecule has 2 fully saturated rings. The van der Waals surface area contributed by atoms with E-state index in [0.29, 0.717) is 0 Å². The van der Waals surface area contributed by atoms with Crippen molar-refractivity contribution >= 4 is 0 Å². The third kappa shape index (κ3) is 4.85. The summed E-state index contributed by atoms with van der Waals surface area (Å²) < 4.78 is 11.0. The number of hydrogen-bond donors (Lipinski definition) is 0. The van der Waals surface area contributed by atoms with Crippen LogP contribution < -0.4 is 9.47 Å². The molecule has 0 spiro atoms. The van der Waals surface area contributed by atoms with Crippen molar-refractivity contribution in [2.75, 3.05) is 46.4 Å². The van der Waals surface area contributed by atoms with Gasteiger partial charge < -0.3 is 14.4 Å². The summed E-state index contributed by atoms with van der Waals surface area (Å²) in [6.07, 6.45) is 6.82. The van der Waals surface area contributed by atoms with E-state index in [1.807, 2.05) is 24.3 Å². The van der Waals surface area contributed by atoms with Gasteiger partial charge in [-0.25, -0.2) is 0 Å². The van der Waals surface area contributed by atoms with Gasteiger partial charge in [-0.2, -0.15) is 0 Å². The van der Waals surface area contributed by atoms with Crippen molar-refractivity contribution < 1.29 is 9.47 Å². The molecule has 0 atom stereocenters. The minimum Gasteiger partial charge on any atom is -0.497 e. The molecule has 1 aliphatic heterocycles. The Labute approximate surface area is 140 Å². The monoisotopic (exact) mass is 318 g/mol. The highest BCUT2D eigenvalue weighted by molar-refractivity contribution is 5.31. The van der Waals surface area contributed by atoms with Gasteiger partial charge in [0.15, 0.2) is 0 Å². The summed E-state index contributed by atoms with van der Waals surface area (Å²) in [5.74, 6) is 1.80. The second kappa shape index (κ2) is 8.55. The molecule has 2 aliphatic rings. The predicted octanol–water partition coefficient (Wildman–Crippen LogP) is 3.02. The predicted molar refractivity (Wildman–Crippen MR) is 93.4 cm³/mol. The van der Waals surface area contributed by atoms with Crippen molar-refractivity contribution in [2.45, 2.75) is 38.1 Å². The van der Waals surface area contributed by atoms with Gasteiger partial charge in [-0.3, -0.25) is 4.90 Å². The maximum Gasteiger partial charge on any atom is 0.119 e. The summed E-state index contributed by atoms with van der Waals surface area (Å²) in [5, 5.41) is 0. The quantitative estimate of drug-likeness (QED) is 0.722. The van der Waals surface area contributed by atoms with Crippen LogP contribution in [0.1, 0.15) is 32.1 Å². The van der Waals surface area contributed by atoms with Gasteiger partial charge in [-0.1, -0.05) is 12.8 Å². The Morgan fingerprint density at radius 1 is 0.957 bits per heavy atom. The minimum absolute atomic E-state index is 0.787. The van der Waals surface area contributed by atoms with Gasteiger partial charge in [-0.05, 0) is 43.5 Å². The van der Waals surface area contributed by atoms with Crippen LogP contribution in [-0.4, -0.2) is 62.3 Å². The zero-order chi connectivity index (χ0) is 15.9. The van der Waals surface area contributed by atoms with Crippen LogP contribution in [0.3, 0.4) is 0 Å². The molecule has 0 aromatic heterocycles. The zero-order valence-corrected chi connectivity index (χ0v) is 14.4. The average molecular weight is 318 g/mol. The molecule has 0 N–H and O–H groups in total. The van der Waals surface area contributed by atoms with Crippen molar-refractivity contribution in [3.63, 3.8) is 0 Å². The van der Waals surface area contributed by atoms with Gasteiger partial charge in [0.1, 0.15) is 11.5 Å². The van der Waals surface area contributed by atoms with Crippen molar-refractivity contribution in [3.05, 3.63) is 24.3 Å². The van der Waals surface area contributed by atoms with Gasteiger partial charge >= 0.3 is 0 Å². The molecule has 1 heterocycles. The Balaban J connectivity index is 1.29. The number of piperazine rings is 1. The molecule has 4 nitrogen and oxygen atoms in total. The first-order valence-electron chi connectivity index (χ1n) is 9.08. The van der Waals surface area contributed by atoms with E-state index in [4.69, 9.17) is 9.47 Å². The number of methoxy groups -OCH3 is 1. The number of nitrogens with zero attached hydrogens (tertiary/aromatic N) is 2. The zero-order valence-electron chi connectivity index (χ0n) is 14.4. The first-order valence-corrected chi connectivity index (χ1v) is 9.08. The Bertz CT molecular complexity index is 449.